The fraction of sp³-hybridized carbons (Fsp3) is 0.525. The molecule has 3 aliphatic rings. The summed E-state index contributed by atoms with van der Waals surface area (Å²) in [7, 11) is 1.66. The number of carbonyl (C=O) groups excluding carboxylic acids is 1. The molecule has 246 valence electrons. The molecule has 1 unspecified atom stereocenters. The molecule has 2 aliphatic heterocycles. The van der Waals surface area contributed by atoms with Crippen LogP contribution in [-0.4, -0.2) is 68.3 Å². The minimum atomic E-state index is -0.0707. The summed E-state index contributed by atoms with van der Waals surface area (Å²) in [6.07, 6.45) is 7.68. The molecule has 0 bridgehead atoms. The Morgan fingerprint density at radius 2 is 1.46 bits per heavy atom. The van der Waals surface area contributed by atoms with Crippen LogP contribution in [0.1, 0.15) is 67.6 Å². The van der Waals surface area contributed by atoms with Gasteiger partial charge in [0.25, 0.3) is 0 Å². The van der Waals surface area contributed by atoms with Gasteiger partial charge < -0.3 is 19.1 Å². The summed E-state index contributed by atoms with van der Waals surface area (Å²) in [4.78, 5) is 18.5. The first kappa shape index (κ1) is 32.7. The van der Waals surface area contributed by atoms with Crippen LogP contribution in [-0.2, 0) is 27.5 Å². The van der Waals surface area contributed by atoms with E-state index in [-0.39, 0.29) is 5.97 Å². The van der Waals surface area contributed by atoms with Crippen LogP contribution in [0.5, 0.6) is 5.75 Å². The number of hydrogen-bond acceptors (Lipinski definition) is 6. The van der Waals surface area contributed by atoms with E-state index in [1.165, 1.54) is 43.2 Å². The number of esters is 1. The molecule has 3 fully saturated rings. The van der Waals surface area contributed by atoms with E-state index in [0.717, 1.165) is 57.1 Å². The zero-order chi connectivity index (χ0) is 31.6. The van der Waals surface area contributed by atoms with Crippen LogP contribution in [0.15, 0.2) is 84.9 Å². The molecule has 0 spiro atoms. The zero-order valence-corrected chi connectivity index (χ0v) is 27.6. The maximum absolute atomic E-state index is 13.1. The molecular formula is C40H52N2O4. The molecule has 0 N–H and O–H groups in total. The highest BCUT2D eigenvalue weighted by atomic mass is 16.5. The highest BCUT2D eigenvalue weighted by molar-refractivity contribution is 5.69. The van der Waals surface area contributed by atoms with Crippen LogP contribution < -0.4 is 4.74 Å². The molecule has 6 rings (SSSR count). The third-order valence-corrected chi connectivity index (χ3v) is 10.7. The molecule has 2 saturated heterocycles. The Kier molecular flexibility index (Phi) is 11.8. The topological polar surface area (TPSA) is 51.2 Å². The second kappa shape index (κ2) is 16.6. The highest BCUT2D eigenvalue weighted by Crippen LogP contribution is 2.40. The average Bonchev–Trinajstić information content (AvgIpc) is 3.53. The van der Waals surface area contributed by atoms with Gasteiger partial charge in [0, 0.05) is 44.6 Å². The number of ether oxygens (including phenoxy) is 3. The number of benzene rings is 3. The standard InChI is InChI=1S/C40H52N2O4/c1-44-37-18-16-32(17-19-37)30-46-40(43)24-35-14-8-9-15-39(35)42-26-36(38(27-42)34-12-6-3-7-13-34)25-41-22-20-33(21-23-41)29-45-28-31-10-4-2-5-11-31/h2-7,10-13,16-19,33,35-36,38-39H,8-9,14-15,20-30H2,1H3/t35?,36-,38+,39+/m0/s1. The quantitative estimate of drug-likeness (QED) is 0.186. The second-order valence-corrected chi connectivity index (χ2v) is 13.8. The summed E-state index contributed by atoms with van der Waals surface area (Å²) < 4.78 is 17.1. The van der Waals surface area contributed by atoms with Crippen molar-refractivity contribution in [2.45, 2.75) is 70.1 Å². The van der Waals surface area contributed by atoms with Crippen LogP contribution in [0.2, 0.25) is 0 Å². The molecule has 2 heterocycles. The predicted octanol–water partition coefficient (Wildman–Crippen LogP) is 7.33. The smallest absolute Gasteiger partial charge is 0.306 e. The van der Waals surface area contributed by atoms with Crippen molar-refractivity contribution in [3.63, 3.8) is 0 Å². The second-order valence-electron chi connectivity index (χ2n) is 13.8. The van der Waals surface area contributed by atoms with Gasteiger partial charge in [-0.2, -0.15) is 0 Å². The lowest BCUT2D eigenvalue weighted by molar-refractivity contribution is -0.147. The lowest BCUT2D eigenvalue weighted by Gasteiger charge is -2.38. The normalized spacial score (nSPS) is 24.5. The molecule has 3 aromatic carbocycles. The third kappa shape index (κ3) is 8.99. The molecule has 1 saturated carbocycles. The molecule has 3 aromatic rings. The monoisotopic (exact) mass is 624 g/mol. The van der Waals surface area contributed by atoms with E-state index in [2.05, 4.69) is 70.5 Å². The fourth-order valence-corrected chi connectivity index (χ4v) is 8.09. The predicted molar refractivity (Wildman–Crippen MR) is 183 cm³/mol. The van der Waals surface area contributed by atoms with Crippen LogP contribution in [0.25, 0.3) is 0 Å². The number of nitrogens with zero attached hydrogens (tertiary/aromatic N) is 2. The number of likely N-dealkylation sites (tertiary alicyclic amines) is 2. The van der Waals surface area contributed by atoms with E-state index in [0.29, 0.717) is 49.3 Å². The van der Waals surface area contributed by atoms with E-state index >= 15 is 0 Å². The summed E-state index contributed by atoms with van der Waals surface area (Å²) in [5.74, 6) is 2.87. The number of rotatable bonds is 13. The first-order valence-electron chi connectivity index (χ1n) is 17.6. The SMILES string of the molecule is COc1ccc(COC(=O)CC2CCCC[C@H]2N2C[C@H](CN3CCC(COCc4ccccc4)CC3)[C@@H](c3ccccc3)C2)cc1. The largest absolute Gasteiger partial charge is 0.497 e. The maximum Gasteiger partial charge on any atom is 0.306 e. The van der Waals surface area contributed by atoms with Gasteiger partial charge in [0.2, 0.25) is 0 Å². The lowest BCUT2D eigenvalue weighted by atomic mass is 9.81. The van der Waals surface area contributed by atoms with Crippen molar-refractivity contribution < 1.29 is 19.0 Å². The van der Waals surface area contributed by atoms with Crippen LogP contribution in [0.3, 0.4) is 0 Å². The Labute approximate surface area is 276 Å². The van der Waals surface area contributed by atoms with E-state index in [1.54, 1.807) is 7.11 Å². The van der Waals surface area contributed by atoms with E-state index < -0.39 is 0 Å². The number of methoxy groups -OCH3 is 1. The van der Waals surface area contributed by atoms with Gasteiger partial charge in [-0.3, -0.25) is 9.69 Å². The van der Waals surface area contributed by atoms with Crippen molar-refractivity contribution in [3.8, 4) is 5.75 Å². The Morgan fingerprint density at radius 1 is 0.761 bits per heavy atom. The van der Waals surface area contributed by atoms with Gasteiger partial charge in [0.05, 0.1) is 13.7 Å². The molecule has 46 heavy (non-hydrogen) atoms. The number of carbonyl (C=O) groups is 1. The minimum Gasteiger partial charge on any atom is -0.497 e. The molecule has 6 heteroatoms. The van der Waals surface area contributed by atoms with Gasteiger partial charge in [-0.05, 0) is 85.3 Å². The maximum atomic E-state index is 13.1. The van der Waals surface area contributed by atoms with Crippen molar-refractivity contribution in [2.75, 3.05) is 46.4 Å². The molecule has 0 aromatic heterocycles. The number of piperidine rings is 1. The van der Waals surface area contributed by atoms with E-state index in [1.807, 2.05) is 24.3 Å². The summed E-state index contributed by atoms with van der Waals surface area (Å²) in [5, 5.41) is 0. The highest BCUT2D eigenvalue weighted by Gasteiger charge is 2.41. The van der Waals surface area contributed by atoms with Crippen molar-refractivity contribution >= 4 is 5.97 Å². The minimum absolute atomic E-state index is 0.0707. The third-order valence-electron chi connectivity index (χ3n) is 10.7. The van der Waals surface area contributed by atoms with Gasteiger partial charge in [-0.15, -0.1) is 0 Å². The van der Waals surface area contributed by atoms with E-state index in [9.17, 15) is 4.79 Å². The average molecular weight is 625 g/mol. The van der Waals surface area contributed by atoms with Gasteiger partial charge in [0.15, 0.2) is 0 Å². The van der Waals surface area contributed by atoms with Crippen LogP contribution in [0.4, 0.5) is 0 Å². The van der Waals surface area contributed by atoms with Gasteiger partial charge >= 0.3 is 5.97 Å². The zero-order valence-electron chi connectivity index (χ0n) is 27.6. The van der Waals surface area contributed by atoms with Crippen LogP contribution >= 0.6 is 0 Å². The summed E-state index contributed by atoms with van der Waals surface area (Å²) >= 11 is 0. The Balaban J connectivity index is 1.02. The summed E-state index contributed by atoms with van der Waals surface area (Å²) in [6.45, 7) is 7.54. The van der Waals surface area contributed by atoms with Gasteiger partial charge in [-0.1, -0.05) is 85.6 Å². The van der Waals surface area contributed by atoms with Crippen LogP contribution in [0, 0.1) is 17.8 Å². The Morgan fingerprint density at radius 3 is 2.20 bits per heavy atom. The van der Waals surface area contributed by atoms with Gasteiger partial charge in [-0.25, -0.2) is 0 Å². The molecule has 0 radical (unpaired) electrons. The molecule has 4 atom stereocenters. The Hall–Kier alpha value is -3.19. The first-order chi connectivity index (χ1) is 22.6. The first-order valence-corrected chi connectivity index (χ1v) is 17.6. The van der Waals surface area contributed by atoms with E-state index in [4.69, 9.17) is 14.2 Å². The molecule has 1 aliphatic carbocycles. The number of hydrogen-bond donors (Lipinski definition) is 0. The fourth-order valence-electron chi connectivity index (χ4n) is 8.09. The summed E-state index contributed by atoms with van der Waals surface area (Å²) in [5.41, 5.74) is 3.71. The van der Waals surface area contributed by atoms with Crippen molar-refractivity contribution in [1.29, 1.82) is 0 Å². The van der Waals surface area contributed by atoms with Crippen molar-refractivity contribution in [1.82, 2.24) is 9.80 Å². The molecule has 6 nitrogen and oxygen atoms in total. The molecular weight excluding hydrogens is 572 g/mol. The van der Waals surface area contributed by atoms with Crippen molar-refractivity contribution in [2.24, 2.45) is 17.8 Å². The van der Waals surface area contributed by atoms with Crippen molar-refractivity contribution in [3.05, 3.63) is 102 Å². The Bertz CT molecular complexity index is 1330. The lowest BCUT2D eigenvalue weighted by Crippen LogP contribution is -2.43. The van der Waals surface area contributed by atoms with Gasteiger partial charge in [0.1, 0.15) is 12.4 Å². The molecule has 0 amide bonds. The summed E-state index contributed by atoms with van der Waals surface area (Å²) in [6, 6.07) is 29.9.